The molecule has 10 nitrogen and oxygen atoms in total. The minimum absolute atomic E-state index is 0.0745. The number of nitrogens with two attached hydrogens (primary N) is 1. The number of nitriles is 1. The van der Waals surface area contributed by atoms with Crippen molar-refractivity contribution in [2.24, 2.45) is 7.05 Å². The van der Waals surface area contributed by atoms with Crippen LogP contribution in [0.4, 0.5) is 17.3 Å². The normalized spacial score (nSPS) is 15.3. The van der Waals surface area contributed by atoms with E-state index in [4.69, 9.17) is 15.5 Å². The number of ether oxygens (including phenoxy) is 1. The van der Waals surface area contributed by atoms with E-state index in [2.05, 4.69) is 26.3 Å². The molecule has 1 unspecified atom stereocenters. The molecule has 0 aliphatic carbocycles. The third kappa shape index (κ3) is 3.48. The smallest absolute Gasteiger partial charge is 0.317 e. The largest absolute Gasteiger partial charge is 0.479 e. The van der Waals surface area contributed by atoms with E-state index in [1.807, 2.05) is 36.9 Å². The maximum atomic E-state index is 9.71. The van der Waals surface area contributed by atoms with Gasteiger partial charge < -0.3 is 30.4 Å². The Morgan fingerprint density at radius 3 is 2.79 bits per heavy atom. The lowest BCUT2D eigenvalue weighted by molar-refractivity contribution is 0.122. The topological polar surface area (TPSA) is 138 Å². The summed E-state index contributed by atoms with van der Waals surface area (Å²) in [5.41, 5.74) is 9.55. The van der Waals surface area contributed by atoms with Gasteiger partial charge in [0.15, 0.2) is 11.6 Å². The number of hydrogen-bond acceptors (Lipinski definition) is 9. The summed E-state index contributed by atoms with van der Waals surface area (Å²) in [5, 5.41) is 22.3. The molecular weight excluding hydrogens is 372 g/mol. The highest BCUT2D eigenvalue weighted by Crippen LogP contribution is 2.32. The standard InChI is InChI=1S/C19H22N8O2/c1-11(22-18-12(10-20)17(21)24-19(28)25-18)16-15(27-5-7-29-8-6-27)9-14-13(23-16)3-4-26(14)2/h3-4,9,11H,5-8H2,1-2H3,(H4,21,22,24,25,28). The number of anilines is 3. The van der Waals surface area contributed by atoms with Crippen LogP contribution in [0.3, 0.4) is 0 Å². The van der Waals surface area contributed by atoms with Gasteiger partial charge in [0, 0.05) is 26.3 Å². The SMILES string of the molecule is CC(Nc1nc(O)nc(N)c1C#N)c1nc2ccn(C)c2cc1N1CCOCC1. The van der Waals surface area contributed by atoms with Crippen LogP contribution in [0, 0.1) is 11.3 Å². The molecule has 0 spiro atoms. The van der Waals surface area contributed by atoms with Gasteiger partial charge in [-0.25, -0.2) is 4.98 Å². The summed E-state index contributed by atoms with van der Waals surface area (Å²) in [5.74, 6) is 0.0995. The van der Waals surface area contributed by atoms with Gasteiger partial charge in [-0.05, 0) is 19.1 Å². The van der Waals surface area contributed by atoms with Crippen LogP contribution >= 0.6 is 0 Å². The van der Waals surface area contributed by atoms with Crippen molar-refractivity contribution in [2.45, 2.75) is 13.0 Å². The van der Waals surface area contributed by atoms with Crippen molar-refractivity contribution in [1.82, 2.24) is 19.5 Å². The monoisotopic (exact) mass is 394 g/mol. The Morgan fingerprint density at radius 1 is 1.31 bits per heavy atom. The van der Waals surface area contributed by atoms with E-state index < -0.39 is 6.01 Å². The minimum Gasteiger partial charge on any atom is -0.479 e. The van der Waals surface area contributed by atoms with E-state index in [9.17, 15) is 10.4 Å². The molecule has 0 saturated carbocycles. The van der Waals surface area contributed by atoms with E-state index in [-0.39, 0.29) is 23.2 Å². The number of nitrogens with zero attached hydrogens (tertiary/aromatic N) is 6. The van der Waals surface area contributed by atoms with Crippen LogP contribution in [0.15, 0.2) is 18.3 Å². The number of aromatic nitrogens is 4. The first-order chi connectivity index (χ1) is 14.0. The first kappa shape index (κ1) is 18.8. The highest BCUT2D eigenvalue weighted by Gasteiger charge is 2.23. The molecule has 0 aromatic carbocycles. The number of nitrogens with one attached hydrogen (secondary N) is 1. The Morgan fingerprint density at radius 2 is 2.07 bits per heavy atom. The molecule has 4 N–H and O–H groups in total. The fourth-order valence-corrected chi connectivity index (χ4v) is 3.52. The molecule has 0 amide bonds. The van der Waals surface area contributed by atoms with E-state index in [0.717, 1.165) is 35.5 Å². The second-order valence-corrected chi connectivity index (χ2v) is 6.93. The first-order valence-corrected chi connectivity index (χ1v) is 9.29. The van der Waals surface area contributed by atoms with Crippen molar-refractivity contribution < 1.29 is 9.84 Å². The van der Waals surface area contributed by atoms with Crippen molar-refractivity contribution in [2.75, 3.05) is 42.3 Å². The van der Waals surface area contributed by atoms with E-state index in [1.54, 1.807) is 0 Å². The lowest BCUT2D eigenvalue weighted by atomic mass is 10.1. The van der Waals surface area contributed by atoms with Gasteiger partial charge in [-0.1, -0.05) is 0 Å². The van der Waals surface area contributed by atoms with Crippen molar-refractivity contribution >= 4 is 28.4 Å². The molecule has 1 aliphatic heterocycles. The van der Waals surface area contributed by atoms with Crippen LogP contribution in [0.25, 0.3) is 11.0 Å². The molecule has 1 atom stereocenters. The van der Waals surface area contributed by atoms with Gasteiger partial charge in [-0.2, -0.15) is 15.2 Å². The Kier molecular flexibility index (Phi) is 4.82. The molecule has 4 rings (SSSR count). The molecule has 3 aromatic rings. The van der Waals surface area contributed by atoms with Gasteiger partial charge >= 0.3 is 6.01 Å². The molecule has 3 aromatic heterocycles. The summed E-state index contributed by atoms with van der Waals surface area (Å²) in [6, 6.07) is 5.27. The Bertz CT molecular complexity index is 1100. The fraction of sp³-hybridized carbons (Fsp3) is 0.368. The highest BCUT2D eigenvalue weighted by atomic mass is 16.5. The molecule has 1 aliphatic rings. The van der Waals surface area contributed by atoms with Crippen molar-refractivity contribution in [3.63, 3.8) is 0 Å². The third-order valence-corrected chi connectivity index (χ3v) is 5.03. The molecule has 0 radical (unpaired) electrons. The highest BCUT2D eigenvalue weighted by molar-refractivity contribution is 5.81. The summed E-state index contributed by atoms with van der Waals surface area (Å²) >= 11 is 0. The van der Waals surface area contributed by atoms with Gasteiger partial charge in [0.2, 0.25) is 0 Å². The van der Waals surface area contributed by atoms with Crippen LogP contribution in [-0.2, 0) is 11.8 Å². The van der Waals surface area contributed by atoms with Gasteiger partial charge in [0.25, 0.3) is 0 Å². The molecule has 1 saturated heterocycles. The number of aryl methyl sites for hydroxylation is 1. The van der Waals surface area contributed by atoms with Crippen LogP contribution in [0.2, 0.25) is 0 Å². The maximum Gasteiger partial charge on any atom is 0.317 e. The van der Waals surface area contributed by atoms with Gasteiger partial charge in [0.05, 0.1) is 41.7 Å². The zero-order chi connectivity index (χ0) is 20.5. The Hall–Kier alpha value is -3.58. The molecule has 0 bridgehead atoms. The number of morpholine rings is 1. The number of fused-ring (bicyclic) bond motifs is 1. The zero-order valence-electron chi connectivity index (χ0n) is 16.3. The average molecular weight is 394 g/mol. The molecule has 150 valence electrons. The third-order valence-electron chi connectivity index (χ3n) is 5.03. The quantitative estimate of drug-likeness (QED) is 0.601. The van der Waals surface area contributed by atoms with Crippen molar-refractivity contribution in [3.8, 4) is 12.1 Å². The second-order valence-electron chi connectivity index (χ2n) is 6.93. The Balaban J connectivity index is 1.77. The van der Waals surface area contributed by atoms with E-state index in [1.165, 1.54) is 0 Å². The number of aromatic hydroxyl groups is 1. The van der Waals surface area contributed by atoms with E-state index in [0.29, 0.717) is 13.2 Å². The molecule has 1 fully saturated rings. The minimum atomic E-state index is -0.490. The van der Waals surface area contributed by atoms with Crippen LogP contribution in [0.1, 0.15) is 24.2 Å². The zero-order valence-corrected chi connectivity index (χ0v) is 16.3. The predicted molar refractivity (Wildman–Crippen MR) is 109 cm³/mol. The molecular formula is C19H22N8O2. The lowest BCUT2D eigenvalue weighted by Gasteiger charge is -2.31. The summed E-state index contributed by atoms with van der Waals surface area (Å²) in [6.45, 7) is 4.77. The van der Waals surface area contributed by atoms with Crippen LogP contribution in [-0.4, -0.2) is 50.9 Å². The summed E-state index contributed by atoms with van der Waals surface area (Å²) in [7, 11) is 1.99. The van der Waals surface area contributed by atoms with Crippen molar-refractivity contribution in [1.29, 1.82) is 5.26 Å². The van der Waals surface area contributed by atoms with Crippen molar-refractivity contribution in [3.05, 3.63) is 29.6 Å². The number of nitrogen functional groups attached to an aromatic ring is 1. The summed E-state index contributed by atoms with van der Waals surface area (Å²) in [4.78, 5) is 14.7. The van der Waals surface area contributed by atoms with Crippen LogP contribution in [0.5, 0.6) is 6.01 Å². The van der Waals surface area contributed by atoms with E-state index >= 15 is 0 Å². The fourth-order valence-electron chi connectivity index (χ4n) is 3.52. The number of pyridine rings is 1. The first-order valence-electron chi connectivity index (χ1n) is 9.29. The average Bonchev–Trinajstić information content (AvgIpc) is 3.07. The summed E-state index contributed by atoms with van der Waals surface area (Å²) in [6.07, 6.45) is 1.97. The van der Waals surface area contributed by atoms with Gasteiger partial charge in [-0.15, -0.1) is 0 Å². The van der Waals surface area contributed by atoms with Crippen LogP contribution < -0.4 is 16.0 Å². The number of hydrogen-bond donors (Lipinski definition) is 3. The molecule has 10 heteroatoms. The van der Waals surface area contributed by atoms with Gasteiger partial charge in [0.1, 0.15) is 11.6 Å². The van der Waals surface area contributed by atoms with Gasteiger partial charge in [-0.3, -0.25) is 0 Å². The second kappa shape index (κ2) is 7.44. The predicted octanol–water partition coefficient (Wildman–Crippen LogP) is 1.53. The molecule has 29 heavy (non-hydrogen) atoms. The Labute approximate surface area is 167 Å². The maximum absolute atomic E-state index is 9.71. The molecule has 4 heterocycles. The summed E-state index contributed by atoms with van der Waals surface area (Å²) < 4.78 is 7.53. The lowest BCUT2D eigenvalue weighted by Crippen LogP contribution is -2.37. The number of rotatable bonds is 4.